The van der Waals surface area contributed by atoms with Crippen molar-refractivity contribution in [2.45, 2.75) is 26.7 Å². The Bertz CT molecular complexity index is 602. The van der Waals surface area contributed by atoms with Crippen LogP contribution in [0.1, 0.15) is 40.4 Å². The SMILES string of the molecule is CCCc1cccc(C(=O)c2cc(C)ccc2N)c1. The molecule has 0 spiro atoms. The van der Waals surface area contributed by atoms with Gasteiger partial charge < -0.3 is 5.73 Å². The fraction of sp³-hybridized carbons (Fsp3) is 0.235. The second-order valence-corrected chi connectivity index (χ2v) is 4.87. The summed E-state index contributed by atoms with van der Waals surface area (Å²) in [4.78, 5) is 12.5. The maximum atomic E-state index is 12.5. The van der Waals surface area contributed by atoms with E-state index >= 15 is 0 Å². The summed E-state index contributed by atoms with van der Waals surface area (Å²) >= 11 is 0. The lowest BCUT2D eigenvalue weighted by Gasteiger charge is -2.07. The van der Waals surface area contributed by atoms with Gasteiger partial charge in [0.25, 0.3) is 0 Å². The molecular formula is C17H19NO. The first-order chi connectivity index (χ1) is 9.11. The van der Waals surface area contributed by atoms with Crippen molar-refractivity contribution >= 4 is 11.5 Å². The van der Waals surface area contributed by atoms with Crippen LogP contribution in [0.2, 0.25) is 0 Å². The molecule has 2 N–H and O–H groups in total. The number of benzene rings is 2. The number of hydrogen-bond donors (Lipinski definition) is 1. The van der Waals surface area contributed by atoms with Gasteiger partial charge in [0.05, 0.1) is 0 Å². The number of anilines is 1. The Hall–Kier alpha value is -2.09. The van der Waals surface area contributed by atoms with E-state index < -0.39 is 0 Å². The number of rotatable bonds is 4. The van der Waals surface area contributed by atoms with Gasteiger partial charge in [-0.3, -0.25) is 4.79 Å². The average Bonchev–Trinajstić information content (AvgIpc) is 2.41. The monoisotopic (exact) mass is 253 g/mol. The molecule has 0 aliphatic carbocycles. The molecule has 2 rings (SSSR count). The van der Waals surface area contributed by atoms with Crippen LogP contribution in [0.5, 0.6) is 0 Å². The van der Waals surface area contributed by atoms with E-state index in [0.29, 0.717) is 16.8 Å². The number of nitrogen functional groups attached to an aromatic ring is 1. The van der Waals surface area contributed by atoms with E-state index in [9.17, 15) is 4.79 Å². The highest BCUT2D eigenvalue weighted by atomic mass is 16.1. The molecule has 2 aromatic rings. The Kier molecular flexibility index (Phi) is 4.00. The Morgan fingerprint density at radius 3 is 2.68 bits per heavy atom. The lowest BCUT2D eigenvalue weighted by molar-refractivity contribution is 0.103. The third-order valence-electron chi connectivity index (χ3n) is 3.18. The number of aryl methyl sites for hydroxylation is 2. The van der Waals surface area contributed by atoms with Crippen LogP contribution in [-0.4, -0.2) is 5.78 Å². The zero-order valence-corrected chi connectivity index (χ0v) is 11.4. The van der Waals surface area contributed by atoms with E-state index in [0.717, 1.165) is 18.4 Å². The molecule has 0 radical (unpaired) electrons. The lowest BCUT2D eigenvalue weighted by Crippen LogP contribution is -2.06. The van der Waals surface area contributed by atoms with Gasteiger partial charge in [0.1, 0.15) is 0 Å². The van der Waals surface area contributed by atoms with Crippen LogP contribution in [0.15, 0.2) is 42.5 Å². The van der Waals surface area contributed by atoms with Crippen molar-refractivity contribution in [1.29, 1.82) is 0 Å². The normalized spacial score (nSPS) is 10.4. The van der Waals surface area contributed by atoms with Crippen molar-refractivity contribution in [3.63, 3.8) is 0 Å². The first-order valence-electron chi connectivity index (χ1n) is 6.61. The van der Waals surface area contributed by atoms with Crippen LogP contribution in [0.4, 0.5) is 5.69 Å². The molecule has 98 valence electrons. The van der Waals surface area contributed by atoms with Crippen molar-refractivity contribution in [1.82, 2.24) is 0 Å². The van der Waals surface area contributed by atoms with E-state index in [-0.39, 0.29) is 5.78 Å². The van der Waals surface area contributed by atoms with Gasteiger partial charge in [-0.15, -0.1) is 0 Å². The third kappa shape index (κ3) is 3.02. The summed E-state index contributed by atoms with van der Waals surface area (Å²) < 4.78 is 0. The minimum Gasteiger partial charge on any atom is -0.398 e. The van der Waals surface area contributed by atoms with Crippen molar-refractivity contribution in [2.75, 3.05) is 5.73 Å². The summed E-state index contributed by atoms with van der Waals surface area (Å²) in [7, 11) is 0. The second-order valence-electron chi connectivity index (χ2n) is 4.87. The molecular weight excluding hydrogens is 234 g/mol. The van der Waals surface area contributed by atoms with Crippen molar-refractivity contribution in [2.24, 2.45) is 0 Å². The van der Waals surface area contributed by atoms with Crippen molar-refractivity contribution < 1.29 is 4.79 Å². The van der Waals surface area contributed by atoms with Crippen LogP contribution >= 0.6 is 0 Å². The second kappa shape index (κ2) is 5.70. The highest BCUT2D eigenvalue weighted by Gasteiger charge is 2.12. The summed E-state index contributed by atoms with van der Waals surface area (Å²) in [6.07, 6.45) is 2.06. The summed E-state index contributed by atoms with van der Waals surface area (Å²) in [5.74, 6) is -0.000784. The highest BCUT2D eigenvalue weighted by Crippen LogP contribution is 2.19. The van der Waals surface area contributed by atoms with E-state index in [4.69, 9.17) is 5.73 Å². The fourth-order valence-electron chi connectivity index (χ4n) is 2.18. The van der Waals surface area contributed by atoms with E-state index in [1.165, 1.54) is 5.56 Å². The smallest absolute Gasteiger partial charge is 0.195 e. The summed E-state index contributed by atoms with van der Waals surface area (Å²) in [6, 6.07) is 13.4. The van der Waals surface area contributed by atoms with Crippen LogP contribution in [0, 0.1) is 6.92 Å². The van der Waals surface area contributed by atoms with Gasteiger partial charge in [-0.25, -0.2) is 0 Å². The highest BCUT2D eigenvalue weighted by molar-refractivity contribution is 6.12. The maximum absolute atomic E-state index is 12.5. The number of carbonyl (C=O) groups excluding carboxylic acids is 1. The minimum atomic E-state index is -0.000784. The topological polar surface area (TPSA) is 43.1 Å². The quantitative estimate of drug-likeness (QED) is 0.666. The summed E-state index contributed by atoms with van der Waals surface area (Å²) in [5.41, 5.74) is 9.98. The van der Waals surface area contributed by atoms with Gasteiger partial charge in [0.15, 0.2) is 5.78 Å². The zero-order valence-electron chi connectivity index (χ0n) is 11.4. The molecule has 19 heavy (non-hydrogen) atoms. The van der Waals surface area contributed by atoms with Gasteiger partial charge in [-0.1, -0.05) is 43.2 Å². The number of hydrogen-bond acceptors (Lipinski definition) is 2. The Balaban J connectivity index is 2.38. The van der Waals surface area contributed by atoms with E-state index in [1.54, 1.807) is 6.07 Å². The fourth-order valence-corrected chi connectivity index (χ4v) is 2.18. The molecule has 0 aromatic heterocycles. The lowest BCUT2D eigenvalue weighted by atomic mass is 9.97. The largest absolute Gasteiger partial charge is 0.398 e. The zero-order chi connectivity index (χ0) is 13.8. The van der Waals surface area contributed by atoms with Crippen LogP contribution in [0.3, 0.4) is 0 Å². The van der Waals surface area contributed by atoms with Gasteiger partial charge in [-0.2, -0.15) is 0 Å². The van der Waals surface area contributed by atoms with Crippen molar-refractivity contribution in [3.05, 3.63) is 64.7 Å². The Labute approximate surface area is 114 Å². The third-order valence-corrected chi connectivity index (χ3v) is 3.18. The first-order valence-corrected chi connectivity index (χ1v) is 6.61. The average molecular weight is 253 g/mol. The van der Waals surface area contributed by atoms with Gasteiger partial charge in [-0.05, 0) is 37.1 Å². The number of nitrogens with two attached hydrogens (primary N) is 1. The molecule has 0 aliphatic rings. The summed E-state index contributed by atoms with van der Waals surface area (Å²) in [5, 5.41) is 0. The van der Waals surface area contributed by atoms with Crippen LogP contribution < -0.4 is 5.73 Å². The van der Waals surface area contributed by atoms with E-state index in [1.807, 2.05) is 37.3 Å². The van der Waals surface area contributed by atoms with Gasteiger partial charge in [0, 0.05) is 16.8 Å². The van der Waals surface area contributed by atoms with Crippen LogP contribution in [-0.2, 0) is 6.42 Å². The van der Waals surface area contributed by atoms with Gasteiger partial charge >= 0.3 is 0 Å². The molecule has 0 saturated carbocycles. The molecule has 0 saturated heterocycles. The molecule has 2 heteroatoms. The molecule has 0 bridgehead atoms. The molecule has 0 atom stereocenters. The van der Waals surface area contributed by atoms with E-state index in [2.05, 4.69) is 13.0 Å². The predicted molar refractivity (Wildman–Crippen MR) is 79.5 cm³/mol. The molecule has 0 aliphatic heterocycles. The van der Waals surface area contributed by atoms with Crippen LogP contribution in [0.25, 0.3) is 0 Å². The minimum absolute atomic E-state index is 0.000784. The number of ketones is 1. The Morgan fingerprint density at radius 2 is 1.95 bits per heavy atom. The maximum Gasteiger partial charge on any atom is 0.195 e. The van der Waals surface area contributed by atoms with Gasteiger partial charge in [0.2, 0.25) is 0 Å². The molecule has 0 heterocycles. The molecule has 0 fully saturated rings. The molecule has 2 nitrogen and oxygen atoms in total. The standard InChI is InChI=1S/C17H19NO/c1-3-5-13-6-4-7-14(11-13)17(19)15-10-12(2)8-9-16(15)18/h4,6-11H,3,5,18H2,1-2H3. The summed E-state index contributed by atoms with van der Waals surface area (Å²) in [6.45, 7) is 4.09. The van der Waals surface area contributed by atoms with Crippen molar-refractivity contribution in [3.8, 4) is 0 Å². The molecule has 2 aromatic carbocycles. The first kappa shape index (κ1) is 13.3. The molecule has 0 unspecified atom stereocenters. The predicted octanol–water partition coefficient (Wildman–Crippen LogP) is 3.76. The Morgan fingerprint density at radius 1 is 1.16 bits per heavy atom. The molecule has 0 amide bonds. The number of carbonyl (C=O) groups is 1.